The maximum absolute atomic E-state index is 3.50. The summed E-state index contributed by atoms with van der Waals surface area (Å²) in [6.45, 7) is 6.76. The Kier molecular flexibility index (Phi) is 2.64. The first-order valence-electron chi connectivity index (χ1n) is 5.64. The van der Waals surface area contributed by atoms with Crippen molar-refractivity contribution in [2.24, 2.45) is 0 Å². The van der Waals surface area contributed by atoms with Gasteiger partial charge < -0.3 is 10.3 Å². The van der Waals surface area contributed by atoms with E-state index in [9.17, 15) is 0 Å². The predicted molar refractivity (Wildman–Crippen MR) is 59.4 cm³/mol. The number of nitrogens with one attached hydrogen (secondary N) is 2. The zero-order chi connectivity index (χ0) is 10.0. The second-order valence-corrected chi connectivity index (χ2v) is 4.64. The molecule has 0 spiro atoms. The van der Waals surface area contributed by atoms with Gasteiger partial charge in [-0.3, -0.25) is 0 Å². The molecule has 1 aromatic heterocycles. The molecule has 1 aromatic rings. The molecule has 14 heavy (non-hydrogen) atoms. The molecule has 1 aliphatic heterocycles. The van der Waals surface area contributed by atoms with Gasteiger partial charge in [-0.15, -0.1) is 0 Å². The molecule has 0 saturated carbocycles. The normalized spacial score (nSPS) is 26.1. The summed E-state index contributed by atoms with van der Waals surface area (Å²) in [6, 6.07) is 2.26. The van der Waals surface area contributed by atoms with Crippen LogP contribution < -0.4 is 5.32 Å². The summed E-state index contributed by atoms with van der Waals surface area (Å²) in [5.74, 6) is 0. The molecule has 2 heterocycles. The van der Waals surface area contributed by atoms with Crippen molar-refractivity contribution < 1.29 is 0 Å². The number of H-pyrrole nitrogens is 1. The molecule has 2 rings (SSSR count). The number of hydrogen-bond acceptors (Lipinski definition) is 1. The summed E-state index contributed by atoms with van der Waals surface area (Å²) in [7, 11) is 0. The second-order valence-electron chi connectivity index (χ2n) is 4.64. The van der Waals surface area contributed by atoms with Gasteiger partial charge in [-0.1, -0.05) is 26.7 Å². The SMILES string of the molecule is CCCCC1(C)CNCc2[nH]ccc21. The van der Waals surface area contributed by atoms with Crippen LogP contribution >= 0.6 is 0 Å². The largest absolute Gasteiger partial charge is 0.364 e. The minimum Gasteiger partial charge on any atom is -0.364 e. The van der Waals surface area contributed by atoms with E-state index >= 15 is 0 Å². The van der Waals surface area contributed by atoms with E-state index in [2.05, 4.69) is 36.4 Å². The summed E-state index contributed by atoms with van der Waals surface area (Å²) in [5, 5.41) is 3.50. The Labute approximate surface area is 86.1 Å². The lowest BCUT2D eigenvalue weighted by atomic mass is 9.76. The van der Waals surface area contributed by atoms with Gasteiger partial charge in [0.15, 0.2) is 0 Å². The predicted octanol–water partition coefficient (Wildman–Crippen LogP) is 2.57. The van der Waals surface area contributed by atoms with Crippen molar-refractivity contribution in [2.45, 2.75) is 45.1 Å². The van der Waals surface area contributed by atoms with E-state index in [1.54, 1.807) is 0 Å². The van der Waals surface area contributed by atoms with Gasteiger partial charge in [0.2, 0.25) is 0 Å². The number of aromatic amines is 1. The van der Waals surface area contributed by atoms with E-state index in [1.807, 2.05) is 0 Å². The molecule has 0 fully saturated rings. The van der Waals surface area contributed by atoms with Crippen LogP contribution in [-0.2, 0) is 12.0 Å². The van der Waals surface area contributed by atoms with Gasteiger partial charge in [0.05, 0.1) is 0 Å². The minimum absolute atomic E-state index is 0.351. The van der Waals surface area contributed by atoms with E-state index in [1.165, 1.54) is 30.5 Å². The zero-order valence-corrected chi connectivity index (χ0v) is 9.19. The first-order valence-corrected chi connectivity index (χ1v) is 5.64. The summed E-state index contributed by atoms with van der Waals surface area (Å²) in [5.41, 5.74) is 3.27. The van der Waals surface area contributed by atoms with Crippen molar-refractivity contribution in [1.29, 1.82) is 0 Å². The number of rotatable bonds is 3. The molecule has 78 valence electrons. The van der Waals surface area contributed by atoms with Gasteiger partial charge in [-0.25, -0.2) is 0 Å². The highest BCUT2D eigenvalue weighted by molar-refractivity contribution is 5.32. The van der Waals surface area contributed by atoms with E-state index in [-0.39, 0.29) is 0 Å². The summed E-state index contributed by atoms with van der Waals surface area (Å²) < 4.78 is 0. The van der Waals surface area contributed by atoms with Crippen molar-refractivity contribution in [3.63, 3.8) is 0 Å². The Morgan fingerprint density at radius 2 is 2.36 bits per heavy atom. The molecule has 2 heteroatoms. The molecule has 0 radical (unpaired) electrons. The van der Waals surface area contributed by atoms with Crippen LogP contribution in [0, 0.1) is 0 Å². The zero-order valence-electron chi connectivity index (χ0n) is 9.19. The van der Waals surface area contributed by atoms with Crippen molar-refractivity contribution in [3.8, 4) is 0 Å². The van der Waals surface area contributed by atoms with Gasteiger partial charge in [0.1, 0.15) is 0 Å². The van der Waals surface area contributed by atoms with E-state index < -0.39 is 0 Å². The number of hydrogen-bond donors (Lipinski definition) is 2. The fourth-order valence-electron chi connectivity index (χ4n) is 2.46. The minimum atomic E-state index is 0.351. The van der Waals surface area contributed by atoms with Crippen LogP contribution in [-0.4, -0.2) is 11.5 Å². The highest BCUT2D eigenvalue weighted by atomic mass is 14.9. The van der Waals surface area contributed by atoms with E-state index in [0.717, 1.165) is 13.1 Å². The monoisotopic (exact) mass is 192 g/mol. The third kappa shape index (κ3) is 1.59. The summed E-state index contributed by atoms with van der Waals surface area (Å²) in [4.78, 5) is 3.33. The van der Waals surface area contributed by atoms with Gasteiger partial charge >= 0.3 is 0 Å². The Hall–Kier alpha value is -0.760. The molecule has 1 atom stereocenters. The number of aromatic nitrogens is 1. The van der Waals surface area contributed by atoms with Crippen LogP contribution in [0.25, 0.3) is 0 Å². The van der Waals surface area contributed by atoms with E-state index in [4.69, 9.17) is 0 Å². The molecule has 0 aromatic carbocycles. The second kappa shape index (κ2) is 3.77. The lowest BCUT2D eigenvalue weighted by Gasteiger charge is -2.34. The first kappa shape index (κ1) is 9.78. The average Bonchev–Trinajstić information content (AvgIpc) is 2.65. The third-order valence-corrected chi connectivity index (χ3v) is 3.38. The van der Waals surface area contributed by atoms with E-state index in [0.29, 0.717) is 5.41 Å². The van der Waals surface area contributed by atoms with Crippen LogP contribution in [0.5, 0.6) is 0 Å². The van der Waals surface area contributed by atoms with Crippen molar-refractivity contribution in [1.82, 2.24) is 10.3 Å². The summed E-state index contributed by atoms with van der Waals surface area (Å²) >= 11 is 0. The lowest BCUT2D eigenvalue weighted by Crippen LogP contribution is -2.40. The lowest BCUT2D eigenvalue weighted by molar-refractivity contribution is 0.362. The topological polar surface area (TPSA) is 27.8 Å². The molecular weight excluding hydrogens is 172 g/mol. The maximum Gasteiger partial charge on any atom is 0.0360 e. The molecule has 1 aliphatic rings. The average molecular weight is 192 g/mol. The standard InChI is InChI=1S/C12H20N2/c1-3-4-6-12(2)9-13-8-11-10(12)5-7-14-11/h5,7,13-14H,3-4,6,8-9H2,1-2H3. The quantitative estimate of drug-likeness (QED) is 0.757. The smallest absolute Gasteiger partial charge is 0.0360 e. The van der Waals surface area contributed by atoms with Gasteiger partial charge in [0.25, 0.3) is 0 Å². The fourth-order valence-corrected chi connectivity index (χ4v) is 2.46. The molecule has 0 saturated heterocycles. The van der Waals surface area contributed by atoms with Gasteiger partial charge in [-0.2, -0.15) is 0 Å². The number of fused-ring (bicyclic) bond motifs is 1. The first-order chi connectivity index (χ1) is 6.76. The number of unbranched alkanes of at least 4 members (excludes halogenated alkanes) is 1. The summed E-state index contributed by atoms with van der Waals surface area (Å²) in [6.07, 6.45) is 5.97. The van der Waals surface area contributed by atoms with Crippen molar-refractivity contribution in [3.05, 3.63) is 23.5 Å². The molecule has 1 unspecified atom stereocenters. The molecule has 2 N–H and O–H groups in total. The van der Waals surface area contributed by atoms with Crippen LogP contribution in [0.1, 0.15) is 44.4 Å². The fraction of sp³-hybridized carbons (Fsp3) is 0.667. The molecule has 0 amide bonds. The third-order valence-electron chi connectivity index (χ3n) is 3.38. The molecule has 2 nitrogen and oxygen atoms in total. The van der Waals surface area contributed by atoms with Crippen LogP contribution in [0.15, 0.2) is 12.3 Å². The Bertz CT molecular complexity index is 303. The Morgan fingerprint density at radius 3 is 3.14 bits per heavy atom. The van der Waals surface area contributed by atoms with Crippen LogP contribution in [0.4, 0.5) is 0 Å². The molecule has 0 aliphatic carbocycles. The van der Waals surface area contributed by atoms with Crippen LogP contribution in [0.2, 0.25) is 0 Å². The Balaban J connectivity index is 2.21. The van der Waals surface area contributed by atoms with Crippen LogP contribution in [0.3, 0.4) is 0 Å². The maximum atomic E-state index is 3.50. The van der Waals surface area contributed by atoms with Crippen molar-refractivity contribution >= 4 is 0 Å². The van der Waals surface area contributed by atoms with Gasteiger partial charge in [0, 0.05) is 30.4 Å². The Morgan fingerprint density at radius 1 is 1.50 bits per heavy atom. The highest BCUT2D eigenvalue weighted by Crippen LogP contribution is 2.33. The highest BCUT2D eigenvalue weighted by Gasteiger charge is 2.31. The molecule has 0 bridgehead atoms. The van der Waals surface area contributed by atoms with Gasteiger partial charge in [-0.05, 0) is 18.1 Å². The van der Waals surface area contributed by atoms with Crippen molar-refractivity contribution in [2.75, 3.05) is 6.54 Å². The molecular formula is C12H20N2.